The third-order valence-electron chi connectivity index (χ3n) is 2.41. The summed E-state index contributed by atoms with van der Waals surface area (Å²) < 4.78 is 41.2. The van der Waals surface area contributed by atoms with Gasteiger partial charge in [0, 0.05) is 26.2 Å². The Hall–Kier alpha value is -0.290. The van der Waals surface area contributed by atoms with E-state index in [9.17, 15) is 13.2 Å². The standard InChI is InChI=1S/C11H22F3NO/c1-4-15-10(5-6-11(12,13)14)7-9(2)8-16-3/h9-10,15H,4-8H2,1-3H3. The van der Waals surface area contributed by atoms with Crippen LogP contribution in [0.1, 0.15) is 33.1 Å². The fourth-order valence-corrected chi connectivity index (χ4v) is 1.77. The van der Waals surface area contributed by atoms with Crippen molar-refractivity contribution < 1.29 is 17.9 Å². The Morgan fingerprint density at radius 3 is 2.38 bits per heavy atom. The lowest BCUT2D eigenvalue weighted by Crippen LogP contribution is -2.32. The van der Waals surface area contributed by atoms with E-state index in [1.165, 1.54) is 0 Å². The zero-order valence-electron chi connectivity index (χ0n) is 10.2. The van der Waals surface area contributed by atoms with Gasteiger partial charge in [0.05, 0.1) is 0 Å². The Labute approximate surface area is 95.5 Å². The number of rotatable bonds is 8. The molecule has 5 heteroatoms. The molecule has 0 bridgehead atoms. The van der Waals surface area contributed by atoms with Crippen LogP contribution in [0.3, 0.4) is 0 Å². The van der Waals surface area contributed by atoms with Crippen LogP contribution in [0.4, 0.5) is 13.2 Å². The van der Waals surface area contributed by atoms with Crippen LogP contribution < -0.4 is 5.32 Å². The Kier molecular flexibility index (Phi) is 7.76. The molecule has 0 rings (SSSR count). The van der Waals surface area contributed by atoms with E-state index in [1.807, 2.05) is 13.8 Å². The molecule has 0 aliphatic rings. The van der Waals surface area contributed by atoms with Crippen LogP contribution >= 0.6 is 0 Å². The predicted molar refractivity (Wildman–Crippen MR) is 58.4 cm³/mol. The molecule has 0 amide bonds. The lowest BCUT2D eigenvalue weighted by Gasteiger charge is -2.22. The lowest BCUT2D eigenvalue weighted by atomic mass is 9.98. The first kappa shape index (κ1) is 15.7. The highest BCUT2D eigenvalue weighted by Crippen LogP contribution is 2.23. The fourth-order valence-electron chi connectivity index (χ4n) is 1.77. The van der Waals surface area contributed by atoms with Crippen molar-refractivity contribution in [3.8, 4) is 0 Å². The van der Waals surface area contributed by atoms with Gasteiger partial charge in [0.2, 0.25) is 0 Å². The Balaban J connectivity index is 3.96. The van der Waals surface area contributed by atoms with Crippen LogP contribution in [0.5, 0.6) is 0 Å². The molecular formula is C11H22F3NO. The molecule has 0 saturated heterocycles. The summed E-state index contributed by atoms with van der Waals surface area (Å²) in [6, 6.07) is -0.0724. The molecule has 1 N–H and O–H groups in total. The second-order valence-electron chi connectivity index (χ2n) is 4.20. The third-order valence-corrected chi connectivity index (χ3v) is 2.41. The largest absolute Gasteiger partial charge is 0.389 e. The van der Waals surface area contributed by atoms with E-state index < -0.39 is 12.6 Å². The first-order chi connectivity index (χ1) is 7.39. The normalized spacial score (nSPS) is 16.1. The van der Waals surface area contributed by atoms with Crippen molar-refractivity contribution in [3.05, 3.63) is 0 Å². The van der Waals surface area contributed by atoms with E-state index in [1.54, 1.807) is 7.11 Å². The van der Waals surface area contributed by atoms with Gasteiger partial charge in [0.1, 0.15) is 0 Å². The van der Waals surface area contributed by atoms with Crippen LogP contribution in [-0.4, -0.2) is 32.5 Å². The van der Waals surface area contributed by atoms with Crippen LogP contribution in [0.25, 0.3) is 0 Å². The van der Waals surface area contributed by atoms with Gasteiger partial charge < -0.3 is 10.1 Å². The summed E-state index contributed by atoms with van der Waals surface area (Å²) in [6.07, 6.45) is -3.91. The molecule has 0 aromatic carbocycles. The SMILES string of the molecule is CCNC(CCC(F)(F)F)CC(C)COC. The summed E-state index contributed by atoms with van der Waals surface area (Å²) in [5, 5.41) is 3.09. The molecule has 98 valence electrons. The monoisotopic (exact) mass is 241 g/mol. The van der Waals surface area contributed by atoms with E-state index in [-0.39, 0.29) is 18.4 Å². The van der Waals surface area contributed by atoms with Crippen molar-refractivity contribution in [2.75, 3.05) is 20.3 Å². The van der Waals surface area contributed by atoms with E-state index >= 15 is 0 Å². The molecule has 0 radical (unpaired) electrons. The van der Waals surface area contributed by atoms with Gasteiger partial charge in [-0.2, -0.15) is 13.2 Å². The van der Waals surface area contributed by atoms with Crippen molar-refractivity contribution >= 4 is 0 Å². The molecule has 0 aliphatic carbocycles. The highest BCUT2D eigenvalue weighted by atomic mass is 19.4. The molecular weight excluding hydrogens is 219 g/mol. The second-order valence-corrected chi connectivity index (χ2v) is 4.20. The average molecular weight is 241 g/mol. The topological polar surface area (TPSA) is 21.3 Å². The minimum absolute atomic E-state index is 0.0724. The molecule has 2 unspecified atom stereocenters. The van der Waals surface area contributed by atoms with Crippen LogP contribution in [0, 0.1) is 5.92 Å². The van der Waals surface area contributed by atoms with E-state index in [0.717, 1.165) is 6.42 Å². The quantitative estimate of drug-likeness (QED) is 0.705. The Morgan fingerprint density at radius 1 is 1.31 bits per heavy atom. The van der Waals surface area contributed by atoms with Crippen molar-refractivity contribution in [2.45, 2.75) is 45.3 Å². The van der Waals surface area contributed by atoms with Gasteiger partial charge in [0.15, 0.2) is 0 Å². The minimum Gasteiger partial charge on any atom is -0.384 e. The summed E-state index contributed by atoms with van der Waals surface area (Å²) in [5.74, 6) is 0.280. The number of nitrogens with one attached hydrogen (secondary N) is 1. The van der Waals surface area contributed by atoms with E-state index in [2.05, 4.69) is 5.32 Å². The van der Waals surface area contributed by atoms with Crippen molar-refractivity contribution in [3.63, 3.8) is 0 Å². The van der Waals surface area contributed by atoms with Gasteiger partial charge >= 0.3 is 6.18 Å². The zero-order chi connectivity index (χ0) is 12.6. The molecule has 2 nitrogen and oxygen atoms in total. The number of alkyl halides is 3. The molecule has 0 aromatic rings. The van der Waals surface area contributed by atoms with Gasteiger partial charge in [-0.1, -0.05) is 13.8 Å². The maximum absolute atomic E-state index is 12.1. The van der Waals surface area contributed by atoms with Gasteiger partial charge in [-0.15, -0.1) is 0 Å². The summed E-state index contributed by atoms with van der Waals surface area (Å²) in [6.45, 7) is 5.18. The fraction of sp³-hybridized carbons (Fsp3) is 1.00. The van der Waals surface area contributed by atoms with Crippen LogP contribution in [0.15, 0.2) is 0 Å². The Morgan fingerprint density at radius 2 is 1.94 bits per heavy atom. The van der Waals surface area contributed by atoms with Gasteiger partial charge in [-0.3, -0.25) is 0 Å². The Bertz CT molecular complexity index is 173. The molecule has 0 spiro atoms. The number of hydrogen-bond donors (Lipinski definition) is 1. The zero-order valence-corrected chi connectivity index (χ0v) is 10.2. The molecule has 0 fully saturated rings. The highest BCUT2D eigenvalue weighted by molar-refractivity contribution is 4.71. The van der Waals surface area contributed by atoms with Crippen LogP contribution in [0.2, 0.25) is 0 Å². The van der Waals surface area contributed by atoms with E-state index in [4.69, 9.17) is 4.74 Å². The first-order valence-corrected chi connectivity index (χ1v) is 5.68. The van der Waals surface area contributed by atoms with Gasteiger partial charge in [-0.25, -0.2) is 0 Å². The maximum atomic E-state index is 12.1. The predicted octanol–water partition coefficient (Wildman–Crippen LogP) is 2.98. The van der Waals surface area contributed by atoms with E-state index in [0.29, 0.717) is 13.2 Å². The third kappa shape index (κ3) is 8.97. The minimum atomic E-state index is -4.06. The number of methoxy groups -OCH3 is 1. The first-order valence-electron chi connectivity index (χ1n) is 5.68. The average Bonchev–Trinajstić information content (AvgIpc) is 2.14. The second kappa shape index (κ2) is 7.90. The summed E-state index contributed by atoms with van der Waals surface area (Å²) in [5.41, 5.74) is 0. The molecule has 0 aliphatic heterocycles. The van der Waals surface area contributed by atoms with Crippen molar-refractivity contribution in [1.82, 2.24) is 5.32 Å². The highest BCUT2D eigenvalue weighted by Gasteiger charge is 2.28. The lowest BCUT2D eigenvalue weighted by molar-refractivity contribution is -0.136. The summed E-state index contributed by atoms with van der Waals surface area (Å²) >= 11 is 0. The van der Waals surface area contributed by atoms with Crippen LogP contribution in [-0.2, 0) is 4.74 Å². The van der Waals surface area contributed by atoms with Crippen molar-refractivity contribution in [1.29, 1.82) is 0 Å². The molecule has 0 heterocycles. The van der Waals surface area contributed by atoms with Gasteiger partial charge in [-0.05, 0) is 25.3 Å². The molecule has 0 aromatic heterocycles. The molecule has 0 saturated carbocycles. The summed E-state index contributed by atoms with van der Waals surface area (Å²) in [7, 11) is 1.61. The number of ether oxygens (including phenoxy) is 1. The molecule has 2 atom stereocenters. The smallest absolute Gasteiger partial charge is 0.384 e. The molecule has 16 heavy (non-hydrogen) atoms. The number of halogens is 3. The van der Waals surface area contributed by atoms with Crippen molar-refractivity contribution in [2.24, 2.45) is 5.92 Å². The summed E-state index contributed by atoms with van der Waals surface area (Å²) in [4.78, 5) is 0. The number of hydrogen-bond acceptors (Lipinski definition) is 2. The van der Waals surface area contributed by atoms with Gasteiger partial charge in [0.25, 0.3) is 0 Å². The maximum Gasteiger partial charge on any atom is 0.389 e.